The molecule has 1 N–H and O–H groups in total. The third-order valence-corrected chi connectivity index (χ3v) is 3.37. The third kappa shape index (κ3) is 5.63. The van der Waals surface area contributed by atoms with Gasteiger partial charge in [-0.2, -0.15) is 0 Å². The Morgan fingerprint density at radius 3 is 2.61 bits per heavy atom. The molecule has 2 atom stereocenters. The van der Waals surface area contributed by atoms with Crippen LogP contribution in [0.2, 0.25) is 0 Å². The van der Waals surface area contributed by atoms with Gasteiger partial charge in [-0.3, -0.25) is 0 Å². The van der Waals surface area contributed by atoms with Crippen molar-refractivity contribution < 1.29 is 4.39 Å². The molecule has 0 bridgehead atoms. The molecule has 0 fully saturated rings. The molecule has 2 heteroatoms. The molecule has 0 spiro atoms. The lowest BCUT2D eigenvalue weighted by Crippen LogP contribution is -2.28. The fraction of sp³-hybridized carbons (Fsp3) is 0.625. The van der Waals surface area contributed by atoms with E-state index in [9.17, 15) is 4.39 Å². The van der Waals surface area contributed by atoms with Crippen LogP contribution in [0.3, 0.4) is 0 Å². The van der Waals surface area contributed by atoms with Crippen LogP contribution in [0, 0.1) is 5.82 Å². The van der Waals surface area contributed by atoms with Crippen LogP contribution in [-0.4, -0.2) is 6.04 Å². The van der Waals surface area contributed by atoms with Crippen LogP contribution in [-0.2, 0) is 0 Å². The first-order chi connectivity index (χ1) is 8.63. The Morgan fingerprint density at radius 1 is 1.17 bits per heavy atom. The molecule has 0 saturated carbocycles. The van der Waals surface area contributed by atoms with Crippen molar-refractivity contribution in [2.45, 2.75) is 65.0 Å². The van der Waals surface area contributed by atoms with E-state index >= 15 is 0 Å². The molecule has 1 aromatic rings. The highest BCUT2D eigenvalue weighted by Gasteiger charge is 2.09. The zero-order valence-electron chi connectivity index (χ0n) is 11.9. The summed E-state index contributed by atoms with van der Waals surface area (Å²) in [5.74, 6) is -0.156. The largest absolute Gasteiger partial charge is 0.308 e. The van der Waals surface area contributed by atoms with Crippen molar-refractivity contribution >= 4 is 0 Å². The van der Waals surface area contributed by atoms with Gasteiger partial charge in [-0.1, -0.05) is 44.7 Å². The van der Waals surface area contributed by atoms with E-state index in [1.54, 1.807) is 12.1 Å². The van der Waals surface area contributed by atoms with E-state index in [2.05, 4.69) is 26.1 Å². The summed E-state index contributed by atoms with van der Waals surface area (Å²) in [5, 5.41) is 3.53. The number of hydrogen-bond acceptors (Lipinski definition) is 1. The van der Waals surface area contributed by atoms with Gasteiger partial charge in [0, 0.05) is 12.1 Å². The van der Waals surface area contributed by atoms with E-state index in [0.717, 1.165) is 5.56 Å². The Hall–Kier alpha value is -0.890. The molecule has 0 amide bonds. The Balaban J connectivity index is 2.32. The average Bonchev–Trinajstić information content (AvgIpc) is 2.34. The zero-order chi connectivity index (χ0) is 13.4. The van der Waals surface area contributed by atoms with Gasteiger partial charge >= 0.3 is 0 Å². The van der Waals surface area contributed by atoms with Crippen LogP contribution in [0.4, 0.5) is 4.39 Å². The standard InChI is InChI=1S/C16H26FN/c1-4-5-6-7-9-13(2)18-14(3)15-10-8-11-16(17)12-15/h8,10-14,18H,4-7,9H2,1-3H3. The topological polar surface area (TPSA) is 12.0 Å². The minimum Gasteiger partial charge on any atom is -0.308 e. The van der Waals surface area contributed by atoms with Crippen molar-refractivity contribution in [2.24, 2.45) is 0 Å². The van der Waals surface area contributed by atoms with Gasteiger partial charge in [0.05, 0.1) is 0 Å². The van der Waals surface area contributed by atoms with Crippen molar-refractivity contribution in [2.75, 3.05) is 0 Å². The maximum atomic E-state index is 13.1. The van der Waals surface area contributed by atoms with Crippen molar-refractivity contribution in [1.29, 1.82) is 0 Å². The molecule has 2 unspecified atom stereocenters. The fourth-order valence-corrected chi connectivity index (χ4v) is 2.26. The summed E-state index contributed by atoms with van der Waals surface area (Å²) in [6, 6.07) is 7.55. The van der Waals surface area contributed by atoms with E-state index < -0.39 is 0 Å². The molecule has 0 aliphatic heterocycles. The van der Waals surface area contributed by atoms with Crippen LogP contribution in [0.5, 0.6) is 0 Å². The van der Waals surface area contributed by atoms with Gasteiger partial charge in [0.1, 0.15) is 5.82 Å². The number of unbranched alkanes of at least 4 members (excludes halogenated alkanes) is 3. The van der Waals surface area contributed by atoms with Crippen LogP contribution in [0.15, 0.2) is 24.3 Å². The molecule has 1 rings (SSSR count). The number of benzene rings is 1. The van der Waals surface area contributed by atoms with E-state index in [0.29, 0.717) is 6.04 Å². The van der Waals surface area contributed by atoms with Gasteiger partial charge in [0.15, 0.2) is 0 Å². The Morgan fingerprint density at radius 2 is 1.94 bits per heavy atom. The van der Waals surface area contributed by atoms with E-state index in [1.165, 1.54) is 38.2 Å². The quantitative estimate of drug-likeness (QED) is 0.652. The minimum atomic E-state index is -0.156. The van der Waals surface area contributed by atoms with Gasteiger partial charge in [0.25, 0.3) is 0 Å². The van der Waals surface area contributed by atoms with Gasteiger partial charge in [-0.25, -0.2) is 4.39 Å². The molecule has 0 aromatic heterocycles. The zero-order valence-corrected chi connectivity index (χ0v) is 11.9. The summed E-state index contributed by atoms with van der Waals surface area (Å²) in [5.41, 5.74) is 1.02. The second-order valence-electron chi connectivity index (χ2n) is 5.19. The molecule has 1 nitrogen and oxygen atoms in total. The van der Waals surface area contributed by atoms with Gasteiger partial charge in [-0.15, -0.1) is 0 Å². The molecule has 102 valence electrons. The molecule has 0 aliphatic carbocycles. The average molecular weight is 251 g/mol. The predicted molar refractivity (Wildman–Crippen MR) is 76.2 cm³/mol. The van der Waals surface area contributed by atoms with E-state index in [-0.39, 0.29) is 11.9 Å². The molecular weight excluding hydrogens is 225 g/mol. The maximum absolute atomic E-state index is 13.1. The second-order valence-corrected chi connectivity index (χ2v) is 5.19. The highest BCUT2D eigenvalue weighted by atomic mass is 19.1. The minimum absolute atomic E-state index is 0.156. The van der Waals surface area contributed by atoms with Crippen LogP contribution >= 0.6 is 0 Å². The Bertz CT molecular complexity index is 338. The lowest BCUT2D eigenvalue weighted by Gasteiger charge is -2.20. The number of hydrogen-bond donors (Lipinski definition) is 1. The van der Waals surface area contributed by atoms with Crippen LogP contribution in [0.1, 0.15) is 64.5 Å². The highest BCUT2D eigenvalue weighted by Crippen LogP contribution is 2.15. The summed E-state index contributed by atoms with van der Waals surface area (Å²) in [4.78, 5) is 0. The highest BCUT2D eigenvalue weighted by molar-refractivity contribution is 5.19. The Labute approximate surface area is 111 Å². The lowest BCUT2D eigenvalue weighted by molar-refractivity contribution is 0.436. The summed E-state index contributed by atoms with van der Waals surface area (Å²) in [6.45, 7) is 6.53. The molecule has 0 radical (unpaired) electrons. The summed E-state index contributed by atoms with van der Waals surface area (Å²) in [6.07, 6.45) is 6.39. The van der Waals surface area contributed by atoms with Crippen molar-refractivity contribution in [3.05, 3.63) is 35.6 Å². The van der Waals surface area contributed by atoms with Crippen molar-refractivity contribution in [3.8, 4) is 0 Å². The maximum Gasteiger partial charge on any atom is 0.123 e. The fourth-order valence-electron chi connectivity index (χ4n) is 2.26. The normalized spacial score (nSPS) is 14.4. The van der Waals surface area contributed by atoms with E-state index in [4.69, 9.17) is 0 Å². The Kier molecular flexibility index (Phi) is 6.96. The molecule has 18 heavy (non-hydrogen) atoms. The summed E-state index contributed by atoms with van der Waals surface area (Å²) >= 11 is 0. The van der Waals surface area contributed by atoms with Gasteiger partial charge < -0.3 is 5.32 Å². The SMILES string of the molecule is CCCCCCC(C)NC(C)c1cccc(F)c1. The van der Waals surface area contributed by atoms with Gasteiger partial charge in [-0.05, 0) is 38.0 Å². The first-order valence-corrected chi connectivity index (χ1v) is 7.15. The molecule has 0 aliphatic rings. The summed E-state index contributed by atoms with van der Waals surface area (Å²) < 4.78 is 13.1. The second kappa shape index (κ2) is 8.25. The van der Waals surface area contributed by atoms with E-state index in [1.807, 2.05) is 6.07 Å². The van der Waals surface area contributed by atoms with Crippen molar-refractivity contribution in [1.82, 2.24) is 5.32 Å². The van der Waals surface area contributed by atoms with Crippen molar-refractivity contribution in [3.63, 3.8) is 0 Å². The molecule has 0 saturated heterocycles. The first kappa shape index (κ1) is 15.2. The molecular formula is C16H26FN. The monoisotopic (exact) mass is 251 g/mol. The predicted octanol–water partition coefficient (Wildman–Crippen LogP) is 4.84. The first-order valence-electron chi connectivity index (χ1n) is 7.15. The number of rotatable bonds is 8. The van der Waals surface area contributed by atoms with Crippen LogP contribution in [0.25, 0.3) is 0 Å². The molecule has 1 aromatic carbocycles. The van der Waals surface area contributed by atoms with Crippen LogP contribution < -0.4 is 5.32 Å². The lowest BCUT2D eigenvalue weighted by atomic mass is 10.0. The smallest absolute Gasteiger partial charge is 0.123 e. The number of nitrogens with one attached hydrogen (secondary N) is 1. The summed E-state index contributed by atoms with van der Waals surface area (Å²) in [7, 11) is 0. The van der Waals surface area contributed by atoms with Gasteiger partial charge in [0.2, 0.25) is 0 Å². The molecule has 0 heterocycles. The third-order valence-electron chi connectivity index (χ3n) is 3.37. The number of halogens is 1.